The molecular weight excluding hydrogens is 334 g/mol. The molecule has 25 heavy (non-hydrogen) atoms. The van der Waals surface area contributed by atoms with Crippen LogP contribution >= 0.6 is 0 Å². The van der Waals surface area contributed by atoms with Crippen molar-refractivity contribution in [3.05, 3.63) is 54.1 Å². The molecule has 1 fully saturated rings. The van der Waals surface area contributed by atoms with Crippen molar-refractivity contribution < 1.29 is 8.42 Å². The van der Waals surface area contributed by atoms with Gasteiger partial charge in [-0.15, -0.1) is 0 Å². The van der Waals surface area contributed by atoms with E-state index in [1.807, 2.05) is 33.2 Å². The molecule has 1 saturated heterocycles. The van der Waals surface area contributed by atoms with Gasteiger partial charge in [0.25, 0.3) is 0 Å². The van der Waals surface area contributed by atoms with Gasteiger partial charge in [0.1, 0.15) is 0 Å². The standard InChI is InChI=1S/C19H25N3O2S/c1-16-6-4-5-7-19(16)25(23,24)22-14-12-21(13-15-22)18-10-8-17(9-11-18)20(2)3/h4-11H,12-15H2,1-3H3. The van der Waals surface area contributed by atoms with Crippen molar-refractivity contribution in [2.75, 3.05) is 50.1 Å². The van der Waals surface area contributed by atoms with E-state index in [-0.39, 0.29) is 0 Å². The Kier molecular flexibility index (Phi) is 5.01. The summed E-state index contributed by atoms with van der Waals surface area (Å²) >= 11 is 0. The average Bonchev–Trinajstić information content (AvgIpc) is 2.62. The number of sulfonamides is 1. The second kappa shape index (κ2) is 7.06. The predicted molar refractivity (Wildman–Crippen MR) is 103 cm³/mol. The molecule has 0 aromatic heterocycles. The van der Waals surface area contributed by atoms with E-state index in [0.717, 1.165) is 16.9 Å². The summed E-state index contributed by atoms with van der Waals surface area (Å²) in [5.41, 5.74) is 3.09. The molecule has 1 aliphatic heterocycles. The second-order valence-corrected chi connectivity index (χ2v) is 8.47. The van der Waals surface area contributed by atoms with Gasteiger partial charge in [-0.25, -0.2) is 8.42 Å². The van der Waals surface area contributed by atoms with Crippen molar-refractivity contribution in [1.82, 2.24) is 4.31 Å². The third kappa shape index (κ3) is 3.65. The van der Waals surface area contributed by atoms with E-state index < -0.39 is 10.0 Å². The molecule has 0 spiro atoms. The first-order valence-corrected chi connectivity index (χ1v) is 9.92. The molecule has 0 bridgehead atoms. The minimum absolute atomic E-state index is 0.416. The van der Waals surface area contributed by atoms with Gasteiger partial charge >= 0.3 is 0 Å². The van der Waals surface area contributed by atoms with E-state index >= 15 is 0 Å². The Bertz CT molecular complexity index is 824. The third-order valence-corrected chi connectivity index (χ3v) is 6.74. The minimum Gasteiger partial charge on any atom is -0.378 e. The zero-order valence-corrected chi connectivity index (χ0v) is 15.8. The van der Waals surface area contributed by atoms with Gasteiger partial charge in [-0.1, -0.05) is 18.2 Å². The van der Waals surface area contributed by atoms with Gasteiger partial charge in [0.15, 0.2) is 0 Å². The lowest BCUT2D eigenvalue weighted by Crippen LogP contribution is -2.48. The van der Waals surface area contributed by atoms with E-state index in [9.17, 15) is 8.42 Å². The van der Waals surface area contributed by atoms with Crippen molar-refractivity contribution in [3.63, 3.8) is 0 Å². The van der Waals surface area contributed by atoms with Crippen LogP contribution in [0.2, 0.25) is 0 Å². The fourth-order valence-electron chi connectivity index (χ4n) is 3.13. The summed E-state index contributed by atoms with van der Waals surface area (Å²) in [4.78, 5) is 4.72. The number of anilines is 2. The molecule has 134 valence electrons. The molecule has 1 heterocycles. The summed E-state index contributed by atoms with van der Waals surface area (Å²) in [6, 6.07) is 15.6. The fraction of sp³-hybridized carbons (Fsp3) is 0.368. The summed E-state index contributed by atoms with van der Waals surface area (Å²) in [6.45, 7) is 4.26. The molecule has 1 aliphatic rings. The van der Waals surface area contributed by atoms with Gasteiger partial charge in [0.05, 0.1) is 4.90 Å². The van der Waals surface area contributed by atoms with E-state index in [2.05, 4.69) is 34.1 Å². The molecule has 0 radical (unpaired) electrons. The van der Waals surface area contributed by atoms with Crippen LogP contribution in [0.25, 0.3) is 0 Å². The van der Waals surface area contributed by atoms with Crippen LogP contribution in [-0.2, 0) is 10.0 Å². The van der Waals surface area contributed by atoms with Gasteiger partial charge in [0, 0.05) is 51.6 Å². The lowest BCUT2D eigenvalue weighted by molar-refractivity contribution is 0.384. The van der Waals surface area contributed by atoms with Gasteiger partial charge in [-0.2, -0.15) is 4.31 Å². The van der Waals surface area contributed by atoms with Crippen molar-refractivity contribution in [2.24, 2.45) is 0 Å². The Morgan fingerprint density at radius 1 is 0.880 bits per heavy atom. The quantitative estimate of drug-likeness (QED) is 0.842. The Labute approximate surface area is 150 Å². The fourth-order valence-corrected chi connectivity index (χ4v) is 4.78. The van der Waals surface area contributed by atoms with Crippen molar-refractivity contribution in [3.8, 4) is 0 Å². The molecule has 0 atom stereocenters. The van der Waals surface area contributed by atoms with E-state index in [4.69, 9.17) is 0 Å². The van der Waals surface area contributed by atoms with Gasteiger partial charge in [-0.05, 0) is 42.8 Å². The summed E-state index contributed by atoms with van der Waals surface area (Å²) in [7, 11) is 0.620. The maximum Gasteiger partial charge on any atom is 0.243 e. The number of hydrogen-bond donors (Lipinski definition) is 0. The number of rotatable bonds is 4. The number of benzene rings is 2. The SMILES string of the molecule is Cc1ccccc1S(=O)(=O)N1CCN(c2ccc(N(C)C)cc2)CC1. The number of aryl methyl sites for hydroxylation is 1. The first-order valence-electron chi connectivity index (χ1n) is 8.48. The smallest absolute Gasteiger partial charge is 0.243 e. The highest BCUT2D eigenvalue weighted by atomic mass is 32.2. The molecular formula is C19H25N3O2S. The summed E-state index contributed by atoms with van der Waals surface area (Å²) < 4.78 is 27.3. The first kappa shape index (κ1) is 17.8. The second-order valence-electron chi connectivity index (χ2n) is 6.57. The van der Waals surface area contributed by atoms with Crippen LogP contribution in [0.1, 0.15) is 5.56 Å². The van der Waals surface area contributed by atoms with Crippen molar-refractivity contribution >= 4 is 21.4 Å². The number of nitrogens with zero attached hydrogens (tertiary/aromatic N) is 3. The van der Waals surface area contributed by atoms with Gasteiger partial charge < -0.3 is 9.80 Å². The van der Waals surface area contributed by atoms with Crippen LogP contribution in [0.3, 0.4) is 0 Å². The maximum atomic E-state index is 12.9. The number of hydrogen-bond acceptors (Lipinski definition) is 4. The van der Waals surface area contributed by atoms with Crippen LogP contribution in [-0.4, -0.2) is 53.0 Å². The Morgan fingerprint density at radius 2 is 1.48 bits per heavy atom. The monoisotopic (exact) mass is 359 g/mol. The Balaban J connectivity index is 1.70. The summed E-state index contributed by atoms with van der Waals surface area (Å²) in [5.74, 6) is 0. The van der Waals surface area contributed by atoms with Crippen LogP contribution in [0.4, 0.5) is 11.4 Å². The van der Waals surface area contributed by atoms with E-state index in [0.29, 0.717) is 31.1 Å². The highest BCUT2D eigenvalue weighted by molar-refractivity contribution is 7.89. The molecule has 6 heteroatoms. The molecule has 0 unspecified atom stereocenters. The van der Waals surface area contributed by atoms with Crippen LogP contribution in [0.5, 0.6) is 0 Å². The Morgan fingerprint density at radius 3 is 2.04 bits per heavy atom. The van der Waals surface area contributed by atoms with E-state index in [1.54, 1.807) is 16.4 Å². The highest BCUT2D eigenvalue weighted by Crippen LogP contribution is 2.24. The van der Waals surface area contributed by atoms with Crippen LogP contribution < -0.4 is 9.80 Å². The zero-order valence-electron chi connectivity index (χ0n) is 15.0. The predicted octanol–water partition coefficient (Wildman–Crippen LogP) is 2.57. The summed E-state index contributed by atoms with van der Waals surface area (Å²) in [6.07, 6.45) is 0. The number of piperazine rings is 1. The molecule has 2 aromatic rings. The van der Waals surface area contributed by atoms with Crippen LogP contribution in [0, 0.1) is 6.92 Å². The van der Waals surface area contributed by atoms with E-state index in [1.165, 1.54) is 0 Å². The molecule has 0 N–H and O–H groups in total. The minimum atomic E-state index is -3.42. The van der Waals surface area contributed by atoms with Gasteiger partial charge in [0.2, 0.25) is 10.0 Å². The molecule has 5 nitrogen and oxygen atoms in total. The van der Waals surface area contributed by atoms with Crippen LogP contribution in [0.15, 0.2) is 53.4 Å². The molecule has 0 aliphatic carbocycles. The zero-order chi connectivity index (χ0) is 18.0. The molecule has 2 aromatic carbocycles. The Hall–Kier alpha value is -2.05. The average molecular weight is 359 g/mol. The largest absolute Gasteiger partial charge is 0.378 e. The third-order valence-electron chi connectivity index (χ3n) is 4.68. The topological polar surface area (TPSA) is 43.9 Å². The normalized spacial score (nSPS) is 16.0. The van der Waals surface area contributed by atoms with Crippen molar-refractivity contribution in [1.29, 1.82) is 0 Å². The lowest BCUT2D eigenvalue weighted by atomic mass is 10.2. The highest BCUT2D eigenvalue weighted by Gasteiger charge is 2.29. The van der Waals surface area contributed by atoms with Crippen molar-refractivity contribution in [2.45, 2.75) is 11.8 Å². The molecule has 3 rings (SSSR count). The van der Waals surface area contributed by atoms with Gasteiger partial charge in [-0.3, -0.25) is 0 Å². The lowest BCUT2D eigenvalue weighted by Gasteiger charge is -2.35. The molecule has 0 saturated carbocycles. The first-order chi connectivity index (χ1) is 11.9. The molecule has 0 amide bonds. The maximum absolute atomic E-state index is 12.9. The summed E-state index contributed by atoms with van der Waals surface area (Å²) in [5, 5.41) is 0.